The van der Waals surface area contributed by atoms with Crippen molar-refractivity contribution in [3.8, 4) is 5.75 Å². The maximum atomic E-state index is 13.0. The normalized spacial score (nSPS) is 10.7. The van der Waals surface area contributed by atoms with E-state index in [-0.39, 0.29) is 18.1 Å². The molecular weight excluding hydrogens is 391 g/mol. The van der Waals surface area contributed by atoms with Crippen LogP contribution in [0.15, 0.2) is 65.6 Å². The molecule has 0 spiro atoms. The minimum atomic E-state index is -0.490. The first-order valence-corrected chi connectivity index (χ1v) is 8.94. The number of nitrogens with one attached hydrogen (secondary N) is 2. The predicted octanol–water partition coefficient (Wildman–Crippen LogP) is 2.42. The van der Waals surface area contributed by atoms with Gasteiger partial charge < -0.3 is 15.4 Å². The number of nitrogens with zero attached hydrogens (tertiary/aromatic N) is 4. The molecule has 1 amide bonds. The van der Waals surface area contributed by atoms with Gasteiger partial charge in [-0.15, -0.1) is 5.10 Å². The summed E-state index contributed by atoms with van der Waals surface area (Å²) in [7, 11) is 1.55. The second-order valence-corrected chi connectivity index (χ2v) is 6.33. The Labute approximate surface area is 169 Å². The second-order valence-electron chi connectivity index (χ2n) is 6.33. The number of amides is 1. The van der Waals surface area contributed by atoms with Crippen LogP contribution < -0.4 is 21.1 Å². The molecule has 4 rings (SSSR count). The van der Waals surface area contributed by atoms with Crippen molar-refractivity contribution in [1.82, 2.24) is 19.2 Å². The van der Waals surface area contributed by atoms with Gasteiger partial charge in [0, 0.05) is 17.6 Å². The lowest BCUT2D eigenvalue weighted by molar-refractivity contribution is -0.117. The van der Waals surface area contributed by atoms with E-state index >= 15 is 0 Å². The smallest absolute Gasteiger partial charge is 0.352 e. The van der Waals surface area contributed by atoms with Crippen LogP contribution in [0.4, 0.5) is 21.6 Å². The van der Waals surface area contributed by atoms with Crippen molar-refractivity contribution in [3.05, 3.63) is 77.1 Å². The van der Waals surface area contributed by atoms with E-state index in [1.807, 2.05) is 0 Å². The van der Waals surface area contributed by atoms with Crippen LogP contribution in [0.1, 0.15) is 0 Å². The fourth-order valence-electron chi connectivity index (χ4n) is 2.77. The summed E-state index contributed by atoms with van der Waals surface area (Å²) >= 11 is 0. The summed E-state index contributed by atoms with van der Waals surface area (Å²) in [6.45, 7) is -0.269. The Balaban J connectivity index is 1.49. The fourth-order valence-corrected chi connectivity index (χ4v) is 2.77. The number of rotatable bonds is 6. The maximum absolute atomic E-state index is 13.0. The molecule has 0 radical (unpaired) electrons. The molecule has 10 heteroatoms. The van der Waals surface area contributed by atoms with E-state index in [0.717, 1.165) is 4.68 Å². The molecule has 0 atom stereocenters. The molecule has 2 aromatic carbocycles. The zero-order valence-electron chi connectivity index (χ0n) is 15.9. The molecule has 0 unspecified atom stereocenters. The van der Waals surface area contributed by atoms with Gasteiger partial charge in [-0.1, -0.05) is 0 Å². The summed E-state index contributed by atoms with van der Waals surface area (Å²) < 4.78 is 20.4. The first-order valence-electron chi connectivity index (χ1n) is 8.94. The number of benzene rings is 2. The van der Waals surface area contributed by atoms with Crippen LogP contribution in [0.2, 0.25) is 0 Å². The molecule has 2 heterocycles. The quantitative estimate of drug-likeness (QED) is 0.508. The monoisotopic (exact) mass is 408 g/mol. The molecule has 2 N–H and O–H groups in total. The van der Waals surface area contributed by atoms with Gasteiger partial charge in [-0.25, -0.2) is 18.3 Å². The van der Waals surface area contributed by atoms with E-state index < -0.39 is 11.6 Å². The fraction of sp³-hybridized carbons (Fsp3) is 0.100. The zero-order valence-corrected chi connectivity index (χ0v) is 15.9. The van der Waals surface area contributed by atoms with Gasteiger partial charge in [0.05, 0.1) is 7.11 Å². The number of halogens is 1. The topological polar surface area (TPSA) is 103 Å². The molecule has 0 fully saturated rings. The molecule has 0 aliphatic heterocycles. The number of anilines is 3. The molecule has 0 aliphatic carbocycles. The number of hydrogen-bond acceptors (Lipinski definition) is 6. The van der Waals surface area contributed by atoms with Crippen LogP contribution in [-0.2, 0) is 11.3 Å². The van der Waals surface area contributed by atoms with E-state index in [1.54, 1.807) is 49.6 Å². The molecular formula is C20H17FN6O3. The highest BCUT2D eigenvalue weighted by Gasteiger charge is 2.12. The molecule has 0 saturated heterocycles. The molecule has 0 aliphatic rings. The van der Waals surface area contributed by atoms with Gasteiger partial charge in [-0.3, -0.25) is 4.79 Å². The molecule has 9 nitrogen and oxygen atoms in total. The molecule has 0 bridgehead atoms. The van der Waals surface area contributed by atoms with Crippen LogP contribution in [0, 0.1) is 5.82 Å². The van der Waals surface area contributed by atoms with Crippen LogP contribution in [-0.4, -0.2) is 32.2 Å². The summed E-state index contributed by atoms with van der Waals surface area (Å²) in [5.41, 5.74) is 0.714. The van der Waals surface area contributed by atoms with E-state index in [1.165, 1.54) is 22.7 Å². The Hall–Kier alpha value is -4.21. The largest absolute Gasteiger partial charge is 0.497 e. The highest BCUT2D eigenvalue weighted by molar-refractivity contribution is 5.90. The number of fused-ring (bicyclic) bond motifs is 1. The number of hydrogen-bond donors (Lipinski definition) is 2. The van der Waals surface area contributed by atoms with Crippen molar-refractivity contribution >= 4 is 28.9 Å². The third-order valence-electron chi connectivity index (χ3n) is 4.24. The number of carbonyl (C=O) groups excluding carboxylic acids is 1. The summed E-state index contributed by atoms with van der Waals surface area (Å²) in [5.74, 6) is 0.469. The summed E-state index contributed by atoms with van der Waals surface area (Å²) in [6, 6.07) is 14.2. The first-order chi connectivity index (χ1) is 14.5. The van der Waals surface area contributed by atoms with E-state index in [9.17, 15) is 14.0 Å². The van der Waals surface area contributed by atoms with Crippen molar-refractivity contribution in [3.63, 3.8) is 0 Å². The highest BCUT2D eigenvalue weighted by atomic mass is 19.1. The Morgan fingerprint density at radius 2 is 1.77 bits per heavy atom. The number of ether oxygens (including phenoxy) is 1. The van der Waals surface area contributed by atoms with Crippen LogP contribution >= 0.6 is 0 Å². The summed E-state index contributed by atoms with van der Waals surface area (Å²) in [6.07, 6.45) is 1.50. The van der Waals surface area contributed by atoms with Gasteiger partial charge in [0.15, 0.2) is 0 Å². The standard InChI is InChI=1S/C20H17FN6O3/c1-30-16-8-6-15(7-9-16)23-18(28)12-27-20(29)26-11-10-17(24-19(26)25-27)22-14-4-2-13(21)3-5-14/h2-11H,12H2,1H3,(H,23,28)(H,22,24,25). The Morgan fingerprint density at radius 3 is 2.47 bits per heavy atom. The molecule has 2 aromatic heterocycles. The average Bonchev–Trinajstić information content (AvgIpc) is 3.05. The number of carbonyl (C=O) groups is 1. The SMILES string of the molecule is COc1ccc(NC(=O)Cn2nc3nc(Nc4ccc(F)cc4)ccn3c2=O)cc1. The lowest BCUT2D eigenvalue weighted by atomic mass is 10.3. The Bertz CT molecular complexity index is 1250. The third kappa shape index (κ3) is 4.12. The Morgan fingerprint density at radius 1 is 1.07 bits per heavy atom. The van der Waals surface area contributed by atoms with Crippen LogP contribution in [0.5, 0.6) is 5.75 Å². The van der Waals surface area contributed by atoms with Crippen LogP contribution in [0.25, 0.3) is 5.78 Å². The van der Waals surface area contributed by atoms with Crippen molar-refractivity contribution in [2.24, 2.45) is 0 Å². The van der Waals surface area contributed by atoms with Crippen molar-refractivity contribution in [1.29, 1.82) is 0 Å². The molecule has 30 heavy (non-hydrogen) atoms. The second kappa shape index (κ2) is 8.03. The molecule has 152 valence electrons. The minimum absolute atomic E-state index is 0.129. The van der Waals surface area contributed by atoms with Gasteiger partial charge in [-0.05, 0) is 54.6 Å². The minimum Gasteiger partial charge on any atom is -0.497 e. The Kier molecular flexibility index (Phi) is 5.12. The maximum Gasteiger partial charge on any atom is 0.352 e. The van der Waals surface area contributed by atoms with Gasteiger partial charge in [0.1, 0.15) is 23.9 Å². The van der Waals surface area contributed by atoms with Gasteiger partial charge in [0.2, 0.25) is 5.91 Å². The van der Waals surface area contributed by atoms with Gasteiger partial charge in [0.25, 0.3) is 5.78 Å². The number of methoxy groups -OCH3 is 1. The molecule has 4 aromatic rings. The summed E-state index contributed by atoms with van der Waals surface area (Å²) in [5, 5.41) is 9.81. The van der Waals surface area contributed by atoms with Gasteiger partial charge in [-0.2, -0.15) is 4.98 Å². The summed E-state index contributed by atoms with van der Waals surface area (Å²) in [4.78, 5) is 29.0. The van der Waals surface area contributed by atoms with Crippen LogP contribution in [0.3, 0.4) is 0 Å². The predicted molar refractivity (Wildman–Crippen MR) is 109 cm³/mol. The lowest BCUT2D eigenvalue weighted by Crippen LogP contribution is -2.28. The average molecular weight is 408 g/mol. The third-order valence-corrected chi connectivity index (χ3v) is 4.24. The van der Waals surface area contributed by atoms with E-state index in [2.05, 4.69) is 20.7 Å². The van der Waals surface area contributed by atoms with Crippen molar-refractivity contribution in [2.45, 2.75) is 6.54 Å². The van der Waals surface area contributed by atoms with Crippen molar-refractivity contribution in [2.75, 3.05) is 17.7 Å². The van der Waals surface area contributed by atoms with Gasteiger partial charge >= 0.3 is 5.69 Å². The number of aromatic nitrogens is 4. The van der Waals surface area contributed by atoms with E-state index in [4.69, 9.17) is 4.74 Å². The zero-order chi connectivity index (χ0) is 21.1. The molecule has 0 saturated carbocycles. The lowest BCUT2D eigenvalue weighted by Gasteiger charge is -2.05. The van der Waals surface area contributed by atoms with E-state index in [0.29, 0.717) is 22.9 Å². The highest BCUT2D eigenvalue weighted by Crippen LogP contribution is 2.16. The van der Waals surface area contributed by atoms with Crippen molar-refractivity contribution < 1.29 is 13.9 Å². The first kappa shape index (κ1) is 19.1.